The number of aldehydes is 1. The third kappa shape index (κ3) is 3.06. The van der Waals surface area contributed by atoms with Crippen LogP contribution in [0.5, 0.6) is 0 Å². The fraction of sp³-hybridized carbons (Fsp3) is 0.294. The monoisotopic (exact) mass is 310 g/mol. The fourth-order valence-corrected chi connectivity index (χ4v) is 2.59. The van der Waals surface area contributed by atoms with Gasteiger partial charge in [0.15, 0.2) is 6.29 Å². The summed E-state index contributed by atoms with van der Waals surface area (Å²) >= 11 is 0. The van der Waals surface area contributed by atoms with E-state index >= 15 is 0 Å². The SMILES string of the molecule is Cc1cnc(NC(=O)N2CCCc3ccc(C=O)nc32)cc1C. The number of rotatable bonds is 2. The average Bonchev–Trinajstić information content (AvgIpc) is 2.57. The number of aryl methyl sites for hydroxylation is 3. The quantitative estimate of drug-likeness (QED) is 0.865. The summed E-state index contributed by atoms with van der Waals surface area (Å²) < 4.78 is 0. The van der Waals surface area contributed by atoms with Crippen molar-refractivity contribution in [1.82, 2.24) is 9.97 Å². The van der Waals surface area contributed by atoms with E-state index in [-0.39, 0.29) is 6.03 Å². The van der Waals surface area contributed by atoms with E-state index in [1.54, 1.807) is 17.2 Å². The number of nitrogens with zero attached hydrogens (tertiary/aromatic N) is 3. The topological polar surface area (TPSA) is 75.2 Å². The summed E-state index contributed by atoms with van der Waals surface area (Å²) in [6, 6.07) is 5.10. The number of urea groups is 1. The van der Waals surface area contributed by atoms with Crippen LogP contribution in [0.25, 0.3) is 0 Å². The van der Waals surface area contributed by atoms with Gasteiger partial charge in [0.05, 0.1) is 0 Å². The maximum absolute atomic E-state index is 12.6. The summed E-state index contributed by atoms with van der Waals surface area (Å²) in [5, 5.41) is 2.81. The Morgan fingerprint density at radius 3 is 2.87 bits per heavy atom. The lowest BCUT2D eigenvalue weighted by Gasteiger charge is -2.28. The summed E-state index contributed by atoms with van der Waals surface area (Å²) in [5.74, 6) is 1.07. The van der Waals surface area contributed by atoms with Gasteiger partial charge in [0.25, 0.3) is 0 Å². The lowest BCUT2D eigenvalue weighted by Crippen LogP contribution is -2.39. The molecule has 6 heteroatoms. The third-order valence-corrected chi connectivity index (χ3v) is 4.03. The summed E-state index contributed by atoms with van der Waals surface area (Å²) in [6.45, 7) is 4.51. The Balaban J connectivity index is 1.86. The highest BCUT2D eigenvalue weighted by atomic mass is 16.2. The minimum Gasteiger partial charge on any atom is -0.296 e. The van der Waals surface area contributed by atoms with Crippen molar-refractivity contribution in [2.24, 2.45) is 0 Å². The molecule has 23 heavy (non-hydrogen) atoms. The zero-order chi connectivity index (χ0) is 16.4. The molecule has 1 aliphatic heterocycles. The standard InChI is InChI=1S/C17H18N4O2/c1-11-8-15(18-9-12(11)2)20-17(23)21-7-3-4-13-5-6-14(10-22)19-16(13)21/h5-6,8-10H,3-4,7H2,1-2H3,(H,18,20,23). The van der Waals surface area contributed by atoms with E-state index in [0.29, 0.717) is 30.2 Å². The number of carbonyl (C=O) groups excluding carboxylic acids is 2. The molecule has 3 heterocycles. The first-order valence-corrected chi connectivity index (χ1v) is 7.55. The van der Waals surface area contributed by atoms with Crippen LogP contribution >= 0.6 is 0 Å². The minimum atomic E-state index is -0.280. The molecule has 0 unspecified atom stereocenters. The second-order valence-electron chi connectivity index (χ2n) is 5.68. The van der Waals surface area contributed by atoms with Gasteiger partial charge in [-0.1, -0.05) is 6.07 Å². The highest BCUT2D eigenvalue weighted by molar-refractivity contribution is 6.01. The van der Waals surface area contributed by atoms with Gasteiger partial charge in [0, 0.05) is 12.7 Å². The van der Waals surface area contributed by atoms with Crippen molar-refractivity contribution in [2.45, 2.75) is 26.7 Å². The number of aromatic nitrogens is 2. The largest absolute Gasteiger partial charge is 0.328 e. The molecule has 2 aromatic heterocycles. The van der Waals surface area contributed by atoms with E-state index in [1.807, 2.05) is 26.0 Å². The Morgan fingerprint density at radius 2 is 2.13 bits per heavy atom. The molecule has 0 fully saturated rings. The van der Waals surface area contributed by atoms with Crippen LogP contribution in [-0.4, -0.2) is 28.8 Å². The van der Waals surface area contributed by atoms with Gasteiger partial charge in [0.1, 0.15) is 17.3 Å². The number of fused-ring (bicyclic) bond motifs is 1. The van der Waals surface area contributed by atoms with Crippen molar-refractivity contribution in [2.75, 3.05) is 16.8 Å². The Morgan fingerprint density at radius 1 is 1.30 bits per heavy atom. The van der Waals surface area contributed by atoms with E-state index < -0.39 is 0 Å². The molecule has 6 nitrogen and oxygen atoms in total. The maximum atomic E-state index is 12.6. The number of carbonyl (C=O) groups is 2. The Bertz CT molecular complexity index is 773. The molecule has 0 aliphatic carbocycles. The minimum absolute atomic E-state index is 0.280. The summed E-state index contributed by atoms with van der Waals surface area (Å²) in [7, 11) is 0. The van der Waals surface area contributed by atoms with Gasteiger partial charge < -0.3 is 0 Å². The molecule has 0 atom stereocenters. The van der Waals surface area contributed by atoms with Crippen molar-refractivity contribution in [3.05, 3.63) is 46.8 Å². The first-order chi connectivity index (χ1) is 11.1. The molecule has 0 radical (unpaired) electrons. The molecule has 0 saturated carbocycles. The van der Waals surface area contributed by atoms with Gasteiger partial charge >= 0.3 is 6.03 Å². The molecule has 118 valence electrons. The molecule has 0 saturated heterocycles. The number of nitrogens with one attached hydrogen (secondary N) is 1. The van der Waals surface area contributed by atoms with E-state index in [1.165, 1.54) is 0 Å². The van der Waals surface area contributed by atoms with Gasteiger partial charge in [-0.05, 0) is 55.5 Å². The van der Waals surface area contributed by atoms with Gasteiger partial charge in [-0.15, -0.1) is 0 Å². The van der Waals surface area contributed by atoms with Gasteiger partial charge in [-0.25, -0.2) is 14.8 Å². The second-order valence-corrected chi connectivity index (χ2v) is 5.68. The lowest BCUT2D eigenvalue weighted by molar-refractivity contribution is 0.111. The predicted molar refractivity (Wildman–Crippen MR) is 88.0 cm³/mol. The Hall–Kier alpha value is -2.76. The molecule has 1 N–H and O–H groups in total. The molecule has 0 bridgehead atoms. The fourth-order valence-electron chi connectivity index (χ4n) is 2.59. The first kappa shape index (κ1) is 15.1. The van der Waals surface area contributed by atoms with Crippen molar-refractivity contribution in [3.63, 3.8) is 0 Å². The van der Waals surface area contributed by atoms with Crippen LogP contribution in [0.2, 0.25) is 0 Å². The molecule has 0 spiro atoms. The summed E-state index contributed by atoms with van der Waals surface area (Å²) in [5.41, 5.74) is 3.44. The van der Waals surface area contributed by atoms with E-state index in [0.717, 1.165) is 29.5 Å². The van der Waals surface area contributed by atoms with Crippen LogP contribution in [0.15, 0.2) is 24.4 Å². The maximum Gasteiger partial charge on any atom is 0.328 e. The number of hydrogen-bond donors (Lipinski definition) is 1. The predicted octanol–water partition coefficient (Wildman–Crippen LogP) is 2.89. The highest BCUT2D eigenvalue weighted by Gasteiger charge is 2.24. The number of pyridine rings is 2. The van der Waals surface area contributed by atoms with Crippen LogP contribution in [0.1, 0.15) is 33.6 Å². The summed E-state index contributed by atoms with van der Waals surface area (Å²) in [6.07, 6.45) is 4.14. The zero-order valence-corrected chi connectivity index (χ0v) is 13.2. The number of hydrogen-bond acceptors (Lipinski definition) is 4. The van der Waals surface area contributed by atoms with Crippen LogP contribution in [0, 0.1) is 13.8 Å². The van der Waals surface area contributed by atoms with Crippen molar-refractivity contribution in [1.29, 1.82) is 0 Å². The molecule has 2 aromatic rings. The molecular weight excluding hydrogens is 292 g/mol. The second kappa shape index (κ2) is 6.16. The highest BCUT2D eigenvalue weighted by Crippen LogP contribution is 2.25. The molecule has 0 aromatic carbocycles. The molecule has 1 aliphatic rings. The first-order valence-electron chi connectivity index (χ1n) is 7.55. The summed E-state index contributed by atoms with van der Waals surface area (Å²) in [4.78, 5) is 33.6. The Kier molecular flexibility index (Phi) is 4.06. The number of anilines is 2. The van der Waals surface area contributed by atoms with Crippen molar-refractivity contribution < 1.29 is 9.59 Å². The van der Waals surface area contributed by atoms with E-state index in [2.05, 4.69) is 15.3 Å². The van der Waals surface area contributed by atoms with Crippen LogP contribution in [0.4, 0.5) is 16.4 Å². The lowest BCUT2D eigenvalue weighted by atomic mass is 10.1. The third-order valence-electron chi connectivity index (χ3n) is 4.03. The smallest absolute Gasteiger partial charge is 0.296 e. The Labute approximate surface area is 134 Å². The molecule has 3 rings (SSSR count). The average molecular weight is 310 g/mol. The van der Waals surface area contributed by atoms with Crippen LogP contribution < -0.4 is 10.2 Å². The van der Waals surface area contributed by atoms with Crippen LogP contribution in [-0.2, 0) is 6.42 Å². The van der Waals surface area contributed by atoms with Crippen LogP contribution in [0.3, 0.4) is 0 Å². The van der Waals surface area contributed by atoms with Crippen molar-refractivity contribution >= 4 is 24.0 Å². The van der Waals surface area contributed by atoms with Gasteiger partial charge in [-0.2, -0.15) is 0 Å². The van der Waals surface area contributed by atoms with E-state index in [4.69, 9.17) is 0 Å². The van der Waals surface area contributed by atoms with E-state index in [9.17, 15) is 9.59 Å². The van der Waals surface area contributed by atoms with Gasteiger partial charge in [0.2, 0.25) is 0 Å². The van der Waals surface area contributed by atoms with Crippen molar-refractivity contribution in [3.8, 4) is 0 Å². The molecule has 2 amide bonds. The zero-order valence-electron chi connectivity index (χ0n) is 13.2. The van der Waals surface area contributed by atoms with Gasteiger partial charge in [-0.3, -0.25) is 15.0 Å². The number of amides is 2. The normalized spacial score (nSPS) is 13.4. The molecular formula is C17H18N4O2.